The van der Waals surface area contributed by atoms with Crippen LogP contribution in [0.15, 0.2) is 0 Å². The smallest absolute Gasteiger partial charge is 0.462 e. The summed E-state index contributed by atoms with van der Waals surface area (Å²) in [7, 11) is -9.90. The lowest BCUT2D eigenvalue weighted by Gasteiger charge is -2.21. The summed E-state index contributed by atoms with van der Waals surface area (Å²) in [5.74, 6) is 0.820. The Bertz CT molecular complexity index is 1800. The van der Waals surface area contributed by atoms with Crippen LogP contribution in [0, 0.1) is 23.7 Å². The number of hydrogen-bond donors (Lipinski definition) is 3. The van der Waals surface area contributed by atoms with Crippen LogP contribution in [0.5, 0.6) is 0 Å². The van der Waals surface area contributed by atoms with E-state index in [1.807, 2.05) is 0 Å². The maximum atomic E-state index is 13.0. The Labute approximate surface area is 556 Å². The molecule has 3 N–H and O–H groups in total. The van der Waals surface area contributed by atoms with Gasteiger partial charge in [-0.05, 0) is 49.4 Å². The molecule has 5 atom stereocenters. The van der Waals surface area contributed by atoms with E-state index in [0.29, 0.717) is 37.5 Å². The van der Waals surface area contributed by atoms with Gasteiger partial charge < -0.3 is 33.8 Å². The van der Waals surface area contributed by atoms with Crippen molar-refractivity contribution in [1.82, 2.24) is 0 Å². The van der Waals surface area contributed by atoms with Crippen molar-refractivity contribution in [3.8, 4) is 0 Å². The Morgan fingerprint density at radius 3 is 0.681 bits per heavy atom. The lowest BCUT2D eigenvalue weighted by atomic mass is 10.0. The Balaban J connectivity index is 5.23. The topological polar surface area (TPSA) is 237 Å². The first-order valence-electron chi connectivity index (χ1n) is 37.2. The average molecular weight is 1340 g/mol. The molecule has 0 heterocycles. The average Bonchev–Trinajstić information content (AvgIpc) is 3.04. The summed E-state index contributed by atoms with van der Waals surface area (Å²) in [4.78, 5) is 72.6. The van der Waals surface area contributed by atoms with E-state index < -0.39 is 97.5 Å². The molecular formula is C72H140O17P2. The van der Waals surface area contributed by atoms with Crippen molar-refractivity contribution < 1.29 is 80.2 Å². The van der Waals surface area contributed by atoms with Crippen molar-refractivity contribution in [1.29, 1.82) is 0 Å². The fourth-order valence-electron chi connectivity index (χ4n) is 10.8. The zero-order valence-corrected chi connectivity index (χ0v) is 61.3. The molecule has 0 radical (unpaired) electrons. The Hall–Kier alpha value is -1.94. The van der Waals surface area contributed by atoms with Gasteiger partial charge in [-0.3, -0.25) is 37.3 Å². The lowest BCUT2D eigenvalue weighted by Crippen LogP contribution is -2.30. The number of unbranched alkanes of at least 4 members (excludes halogenated alkanes) is 35. The summed E-state index contributed by atoms with van der Waals surface area (Å²) in [5, 5.41) is 10.6. The van der Waals surface area contributed by atoms with Crippen LogP contribution >= 0.6 is 15.6 Å². The van der Waals surface area contributed by atoms with Crippen molar-refractivity contribution in [2.75, 3.05) is 39.6 Å². The Kier molecular flexibility index (Phi) is 60.3. The van der Waals surface area contributed by atoms with Gasteiger partial charge in [-0.25, -0.2) is 9.13 Å². The molecule has 0 aliphatic carbocycles. The predicted molar refractivity (Wildman–Crippen MR) is 367 cm³/mol. The molecule has 0 aromatic heterocycles. The van der Waals surface area contributed by atoms with E-state index in [0.717, 1.165) is 108 Å². The minimum Gasteiger partial charge on any atom is -0.462 e. The fraction of sp³-hybridized carbons (Fsp3) is 0.944. The van der Waals surface area contributed by atoms with Crippen LogP contribution in [-0.2, 0) is 65.4 Å². The molecule has 0 bridgehead atoms. The van der Waals surface area contributed by atoms with Crippen LogP contribution < -0.4 is 0 Å². The first kappa shape index (κ1) is 89.1. The highest BCUT2D eigenvalue weighted by atomic mass is 31.2. The second kappa shape index (κ2) is 61.6. The summed E-state index contributed by atoms with van der Waals surface area (Å²) in [6, 6.07) is 0. The molecule has 0 saturated heterocycles. The van der Waals surface area contributed by atoms with Crippen molar-refractivity contribution >= 4 is 39.5 Å². The number of hydrogen-bond acceptors (Lipinski definition) is 15. The van der Waals surface area contributed by atoms with Crippen molar-refractivity contribution in [3.63, 3.8) is 0 Å². The third-order valence-corrected chi connectivity index (χ3v) is 18.5. The molecular weight excluding hydrogens is 1200 g/mol. The quantitative estimate of drug-likeness (QED) is 0.0222. The van der Waals surface area contributed by atoms with Gasteiger partial charge in [0.15, 0.2) is 12.2 Å². The largest absolute Gasteiger partial charge is 0.472 e. The molecule has 0 saturated carbocycles. The summed E-state index contributed by atoms with van der Waals surface area (Å²) in [6.45, 7) is 14.1. The lowest BCUT2D eigenvalue weighted by molar-refractivity contribution is -0.161. The molecule has 0 fully saturated rings. The van der Waals surface area contributed by atoms with Gasteiger partial charge in [0.05, 0.1) is 26.4 Å². The molecule has 17 nitrogen and oxygen atoms in total. The van der Waals surface area contributed by atoms with Gasteiger partial charge in [0.1, 0.15) is 19.3 Å². The standard InChI is InChI=1S/C72H140O17P2/c1-62(2)48-40-32-24-19-15-11-9-10-12-18-22-28-38-46-54-71(76)88-67(58-82-69(74)52-44-36-27-21-17-14-13-16-20-25-33-41-49-63(3)4)60-86-90(78,79)84-56-66(73)57-85-91(80,81)87-61-68(89-72(77)55-47-39-31-30-35-43-51-65(7)8)59-83-70(75)53-45-37-29-23-26-34-42-50-64(5)6/h62-68,73H,9-61H2,1-8H3,(H,78,79)(H,80,81)/t66?,67-,68-/m1/s1. The highest BCUT2D eigenvalue weighted by molar-refractivity contribution is 7.47. The second-order valence-corrected chi connectivity index (χ2v) is 30.8. The van der Waals surface area contributed by atoms with E-state index in [9.17, 15) is 43.2 Å². The summed E-state index contributed by atoms with van der Waals surface area (Å²) < 4.78 is 68.3. The van der Waals surface area contributed by atoms with E-state index in [1.165, 1.54) is 154 Å². The third kappa shape index (κ3) is 66.5. The molecule has 91 heavy (non-hydrogen) atoms. The van der Waals surface area contributed by atoms with Crippen molar-refractivity contribution in [2.24, 2.45) is 23.7 Å². The molecule has 0 amide bonds. The first-order chi connectivity index (χ1) is 43.6. The van der Waals surface area contributed by atoms with Gasteiger partial charge in [-0.1, -0.05) is 306 Å². The van der Waals surface area contributed by atoms with Crippen LogP contribution in [0.25, 0.3) is 0 Å². The van der Waals surface area contributed by atoms with Crippen LogP contribution in [-0.4, -0.2) is 96.7 Å². The third-order valence-electron chi connectivity index (χ3n) is 16.6. The highest BCUT2D eigenvalue weighted by Crippen LogP contribution is 2.45. The summed E-state index contributed by atoms with van der Waals surface area (Å²) >= 11 is 0. The molecule has 0 spiro atoms. The van der Waals surface area contributed by atoms with Gasteiger partial charge in [0.25, 0.3) is 0 Å². The summed E-state index contributed by atoms with van der Waals surface area (Å²) in [5.41, 5.74) is 0. The maximum absolute atomic E-state index is 13.0. The normalized spacial score (nSPS) is 14.2. The van der Waals surface area contributed by atoms with E-state index in [-0.39, 0.29) is 25.7 Å². The van der Waals surface area contributed by atoms with E-state index in [4.69, 9.17) is 37.0 Å². The highest BCUT2D eigenvalue weighted by Gasteiger charge is 2.30. The Morgan fingerprint density at radius 1 is 0.275 bits per heavy atom. The minimum atomic E-state index is -4.95. The van der Waals surface area contributed by atoms with Gasteiger partial charge in [-0.15, -0.1) is 0 Å². The molecule has 0 aromatic carbocycles. The Morgan fingerprint density at radius 2 is 0.462 bits per heavy atom. The van der Waals surface area contributed by atoms with Gasteiger partial charge in [0.2, 0.25) is 0 Å². The van der Waals surface area contributed by atoms with Crippen LogP contribution in [0.2, 0.25) is 0 Å². The number of phosphoric acid groups is 2. The summed E-state index contributed by atoms with van der Waals surface area (Å²) in [6.07, 6.45) is 44.7. The fourth-order valence-corrected chi connectivity index (χ4v) is 12.4. The van der Waals surface area contributed by atoms with Crippen LogP contribution in [0.1, 0.15) is 357 Å². The number of aliphatic hydroxyl groups excluding tert-OH is 1. The number of phosphoric ester groups is 2. The number of rotatable bonds is 69. The van der Waals surface area contributed by atoms with Gasteiger partial charge in [0, 0.05) is 25.7 Å². The number of carbonyl (C=O) groups excluding carboxylic acids is 4. The van der Waals surface area contributed by atoms with Crippen molar-refractivity contribution in [3.05, 3.63) is 0 Å². The number of ether oxygens (including phenoxy) is 4. The second-order valence-electron chi connectivity index (χ2n) is 27.9. The molecule has 0 aliphatic heterocycles. The molecule has 0 aliphatic rings. The van der Waals surface area contributed by atoms with Crippen LogP contribution in [0.4, 0.5) is 0 Å². The molecule has 0 rings (SSSR count). The first-order valence-corrected chi connectivity index (χ1v) is 40.2. The molecule has 19 heteroatoms. The minimum absolute atomic E-state index is 0.101. The SMILES string of the molecule is CC(C)CCCCCCCCCCCCCCCCC(=O)O[C@H](COC(=O)CCCCCCCCCCCCCCC(C)C)COP(=O)(O)OCC(O)COP(=O)(O)OC[C@@H](COC(=O)CCCCCCCCCC(C)C)OC(=O)CCCCCCCCC(C)C. The maximum Gasteiger partial charge on any atom is 0.472 e. The number of carbonyl (C=O) groups is 4. The zero-order valence-electron chi connectivity index (χ0n) is 59.5. The van der Waals surface area contributed by atoms with E-state index in [1.54, 1.807) is 0 Å². The van der Waals surface area contributed by atoms with E-state index >= 15 is 0 Å². The van der Waals surface area contributed by atoms with E-state index in [2.05, 4.69) is 55.4 Å². The number of esters is 4. The zero-order chi connectivity index (χ0) is 67.5. The van der Waals surface area contributed by atoms with Crippen molar-refractivity contribution in [2.45, 2.75) is 375 Å². The van der Waals surface area contributed by atoms with Gasteiger partial charge >= 0.3 is 39.5 Å². The monoisotopic (exact) mass is 1340 g/mol. The molecule has 3 unspecified atom stereocenters. The van der Waals surface area contributed by atoms with Crippen LogP contribution in [0.3, 0.4) is 0 Å². The predicted octanol–water partition coefficient (Wildman–Crippen LogP) is 20.5. The molecule has 0 aromatic rings. The van der Waals surface area contributed by atoms with Gasteiger partial charge in [-0.2, -0.15) is 0 Å². The molecule has 540 valence electrons. The number of aliphatic hydroxyl groups is 1.